The van der Waals surface area contributed by atoms with Crippen LogP contribution in [0.2, 0.25) is 0 Å². The largest absolute Gasteiger partial charge is 0.383 e. The summed E-state index contributed by atoms with van der Waals surface area (Å²) >= 11 is 0. The number of piperazine rings is 1. The van der Waals surface area contributed by atoms with Crippen molar-refractivity contribution in [2.75, 3.05) is 36.8 Å². The van der Waals surface area contributed by atoms with Crippen LogP contribution in [0.4, 0.5) is 11.6 Å². The first-order chi connectivity index (χ1) is 17.5. The number of nitrogens with zero attached hydrogens (tertiary/aromatic N) is 5. The number of aromatic amines is 1. The van der Waals surface area contributed by atoms with E-state index in [1.54, 1.807) is 6.20 Å². The van der Waals surface area contributed by atoms with Gasteiger partial charge in [-0.15, -0.1) is 0 Å². The number of anilines is 2. The van der Waals surface area contributed by atoms with Gasteiger partial charge in [-0.3, -0.25) is 4.79 Å². The molecule has 0 spiro atoms. The summed E-state index contributed by atoms with van der Waals surface area (Å²) in [5.74, 6) is 2.01. The summed E-state index contributed by atoms with van der Waals surface area (Å²) in [6, 6.07) is 12.0. The lowest BCUT2D eigenvalue weighted by molar-refractivity contribution is -0.121. The lowest BCUT2D eigenvalue weighted by Crippen LogP contribution is -2.43. The summed E-state index contributed by atoms with van der Waals surface area (Å²) in [4.78, 5) is 31.2. The third-order valence-electron chi connectivity index (χ3n) is 6.73. The molecule has 182 valence electrons. The molecule has 1 atom stereocenters. The van der Waals surface area contributed by atoms with E-state index in [-0.39, 0.29) is 11.8 Å². The highest BCUT2D eigenvalue weighted by Gasteiger charge is 2.22. The van der Waals surface area contributed by atoms with Crippen molar-refractivity contribution in [1.29, 1.82) is 0 Å². The van der Waals surface area contributed by atoms with Crippen LogP contribution in [0, 0.1) is 5.92 Å². The number of nitrogens with one attached hydrogen (secondary N) is 3. The number of hydrogen-bond acceptors (Lipinski definition) is 8. The van der Waals surface area contributed by atoms with Gasteiger partial charge in [-0.2, -0.15) is 5.10 Å². The van der Waals surface area contributed by atoms with Crippen molar-refractivity contribution in [2.24, 2.45) is 11.0 Å². The molecule has 10 heteroatoms. The fraction of sp³-hybridized carbons (Fsp3) is 0.269. The monoisotopic (exact) mass is 481 g/mol. The molecule has 6 rings (SSSR count). The minimum absolute atomic E-state index is 0.0432. The number of nitrogens with two attached hydrogens (primary N) is 1. The Bertz CT molecular complexity index is 1470. The number of carbonyl (C=O) groups excluding carboxylic acids is 1. The maximum Gasteiger partial charge on any atom is 0.240 e. The van der Waals surface area contributed by atoms with E-state index in [4.69, 9.17) is 10.7 Å². The van der Waals surface area contributed by atoms with Crippen molar-refractivity contribution in [2.45, 2.75) is 13.3 Å². The first-order valence-electron chi connectivity index (χ1n) is 12.1. The predicted molar refractivity (Wildman–Crippen MR) is 141 cm³/mol. The fourth-order valence-electron chi connectivity index (χ4n) is 4.76. The van der Waals surface area contributed by atoms with Gasteiger partial charge >= 0.3 is 0 Å². The van der Waals surface area contributed by atoms with Crippen LogP contribution in [-0.2, 0) is 4.79 Å². The molecular formula is C26H27N9O. The molecule has 0 radical (unpaired) electrons. The molecule has 1 saturated heterocycles. The second-order valence-corrected chi connectivity index (χ2v) is 9.25. The number of hydrogen-bond donors (Lipinski definition) is 4. The van der Waals surface area contributed by atoms with Crippen LogP contribution < -0.4 is 21.4 Å². The van der Waals surface area contributed by atoms with Gasteiger partial charge in [0.1, 0.15) is 17.5 Å². The minimum atomic E-state index is -0.0624. The minimum Gasteiger partial charge on any atom is -0.383 e. The normalized spacial score (nSPS) is 18.2. The van der Waals surface area contributed by atoms with E-state index in [9.17, 15) is 4.79 Å². The van der Waals surface area contributed by atoms with Gasteiger partial charge in [-0.05, 0) is 30.3 Å². The van der Waals surface area contributed by atoms with Crippen LogP contribution in [0.15, 0.2) is 53.9 Å². The summed E-state index contributed by atoms with van der Waals surface area (Å²) < 4.78 is 0. The van der Waals surface area contributed by atoms with Gasteiger partial charge < -0.3 is 20.9 Å². The summed E-state index contributed by atoms with van der Waals surface area (Å²) in [5, 5.41) is 7.63. The van der Waals surface area contributed by atoms with E-state index in [0.29, 0.717) is 18.1 Å². The topological polar surface area (TPSA) is 137 Å². The zero-order chi connectivity index (χ0) is 24.6. The zero-order valence-electron chi connectivity index (χ0n) is 20.0. The van der Waals surface area contributed by atoms with Crippen molar-refractivity contribution in [1.82, 2.24) is 30.7 Å². The molecule has 1 amide bonds. The van der Waals surface area contributed by atoms with E-state index in [2.05, 4.69) is 47.8 Å². The third-order valence-corrected chi connectivity index (χ3v) is 6.73. The van der Waals surface area contributed by atoms with Gasteiger partial charge in [-0.1, -0.05) is 13.0 Å². The summed E-state index contributed by atoms with van der Waals surface area (Å²) in [6.45, 7) is 5.85. The maximum atomic E-state index is 11.6. The number of pyridine rings is 2. The average molecular weight is 482 g/mol. The molecule has 2 aliphatic heterocycles. The molecule has 5 heterocycles. The smallest absolute Gasteiger partial charge is 0.240 e. The second-order valence-electron chi connectivity index (χ2n) is 9.25. The van der Waals surface area contributed by atoms with Crippen LogP contribution in [0.5, 0.6) is 0 Å². The van der Waals surface area contributed by atoms with Crippen LogP contribution in [0.1, 0.15) is 18.9 Å². The number of rotatable bonds is 4. The summed E-state index contributed by atoms with van der Waals surface area (Å²) in [6.07, 6.45) is 4.06. The Morgan fingerprint density at radius 1 is 1.00 bits per heavy atom. The number of fused-ring (bicyclic) bond motifs is 1. The standard InChI is InChI=1S/C26H27N9O/c1-15-10-23(36)33-34-24(15)16-2-4-20-21(12-16)32-26(31-20)19-11-18(14-30-25(19)27)17-3-5-22(29-13-17)35-8-6-28-7-9-35/h2-5,11-15,28H,6-10H2,1H3,(H2,27,30)(H,31,32)(H,33,36). The molecule has 1 fully saturated rings. The van der Waals surface area contributed by atoms with Crippen LogP contribution in [-0.4, -0.2) is 57.7 Å². The molecule has 10 nitrogen and oxygen atoms in total. The van der Waals surface area contributed by atoms with Crippen molar-refractivity contribution in [3.05, 3.63) is 54.4 Å². The quantitative estimate of drug-likeness (QED) is 0.351. The molecule has 36 heavy (non-hydrogen) atoms. The molecule has 4 aromatic rings. The number of carbonyl (C=O) groups is 1. The first kappa shape index (κ1) is 22.2. The lowest BCUT2D eigenvalue weighted by Gasteiger charge is -2.28. The highest BCUT2D eigenvalue weighted by atomic mass is 16.2. The Kier molecular flexibility index (Phi) is 5.57. The van der Waals surface area contributed by atoms with Crippen LogP contribution in [0.3, 0.4) is 0 Å². The lowest BCUT2D eigenvalue weighted by atomic mass is 9.94. The second kappa shape index (κ2) is 9.04. The Hall–Kier alpha value is -4.31. The number of imidazole rings is 1. The molecular weight excluding hydrogens is 454 g/mol. The molecule has 3 aromatic heterocycles. The summed E-state index contributed by atoms with van der Waals surface area (Å²) in [5.41, 5.74) is 14.9. The third kappa shape index (κ3) is 4.16. The highest BCUT2D eigenvalue weighted by molar-refractivity contribution is 6.07. The number of hydrazone groups is 1. The van der Waals surface area contributed by atoms with Gasteiger partial charge in [-0.25, -0.2) is 20.4 Å². The number of aromatic nitrogens is 4. The Labute approximate surface area is 208 Å². The van der Waals surface area contributed by atoms with E-state index in [0.717, 1.165) is 71.0 Å². The zero-order valence-corrected chi connectivity index (χ0v) is 20.0. The van der Waals surface area contributed by atoms with E-state index in [1.165, 1.54) is 0 Å². The van der Waals surface area contributed by atoms with Gasteiger partial charge in [0.05, 0.1) is 22.3 Å². The molecule has 0 aliphatic carbocycles. The van der Waals surface area contributed by atoms with Gasteiger partial charge in [0.2, 0.25) is 5.91 Å². The molecule has 5 N–H and O–H groups in total. The van der Waals surface area contributed by atoms with Crippen molar-refractivity contribution in [3.63, 3.8) is 0 Å². The molecule has 2 aliphatic rings. The SMILES string of the molecule is CC1CC(=O)NN=C1c1ccc2nc(-c3cc(-c4ccc(N5CCNCC5)nc4)cnc3N)[nH]c2c1. The van der Waals surface area contributed by atoms with E-state index >= 15 is 0 Å². The van der Waals surface area contributed by atoms with E-state index in [1.807, 2.05) is 37.4 Å². The maximum absolute atomic E-state index is 11.6. The van der Waals surface area contributed by atoms with E-state index < -0.39 is 0 Å². The Morgan fingerprint density at radius 3 is 2.58 bits per heavy atom. The fourth-order valence-corrected chi connectivity index (χ4v) is 4.76. The highest BCUT2D eigenvalue weighted by Crippen LogP contribution is 2.30. The van der Waals surface area contributed by atoms with Gasteiger partial charge in [0.15, 0.2) is 0 Å². The van der Waals surface area contributed by atoms with Gasteiger partial charge in [0.25, 0.3) is 0 Å². The Balaban J connectivity index is 1.30. The molecule has 1 unspecified atom stereocenters. The Morgan fingerprint density at radius 2 is 1.81 bits per heavy atom. The van der Waals surface area contributed by atoms with Crippen LogP contribution in [0.25, 0.3) is 33.5 Å². The van der Waals surface area contributed by atoms with Gasteiger partial charge in [0, 0.05) is 67.6 Å². The van der Waals surface area contributed by atoms with Crippen LogP contribution >= 0.6 is 0 Å². The average Bonchev–Trinajstić information content (AvgIpc) is 3.33. The van der Waals surface area contributed by atoms with Crippen molar-refractivity contribution < 1.29 is 4.79 Å². The number of amides is 1. The molecule has 0 bridgehead atoms. The number of nitrogen functional groups attached to an aromatic ring is 1. The summed E-state index contributed by atoms with van der Waals surface area (Å²) in [7, 11) is 0. The van der Waals surface area contributed by atoms with Crippen molar-refractivity contribution in [3.8, 4) is 22.5 Å². The molecule has 1 aromatic carbocycles. The number of benzene rings is 1. The first-order valence-corrected chi connectivity index (χ1v) is 12.1. The predicted octanol–water partition coefficient (Wildman–Crippen LogP) is 2.54. The molecule has 0 saturated carbocycles. The number of H-pyrrole nitrogens is 1. The van der Waals surface area contributed by atoms with Crippen molar-refractivity contribution >= 4 is 34.3 Å².